The van der Waals surface area contributed by atoms with Crippen LogP contribution in [0.15, 0.2) is 42.5 Å². The number of anilines is 1. The number of carbonyl (C=O) groups excluding carboxylic acids is 1. The standard InChI is InChI=1S/C19H21F3N2O3/c1-12-3-6-14(23)9-17(12)18(26)24(2)10-15(25)11-27-16-7-4-13(5-8-16)19(20,21)22/h3-9,15,25H,10-11,23H2,1-2H3. The van der Waals surface area contributed by atoms with Gasteiger partial charge in [0.1, 0.15) is 18.5 Å². The smallest absolute Gasteiger partial charge is 0.416 e. The van der Waals surface area contributed by atoms with E-state index in [2.05, 4.69) is 0 Å². The molecule has 8 heteroatoms. The van der Waals surface area contributed by atoms with Crippen LogP contribution < -0.4 is 10.5 Å². The first-order valence-corrected chi connectivity index (χ1v) is 8.17. The second-order valence-corrected chi connectivity index (χ2v) is 6.25. The molecule has 2 aromatic rings. The fourth-order valence-electron chi connectivity index (χ4n) is 2.46. The molecule has 146 valence electrons. The number of aryl methyl sites for hydroxylation is 1. The lowest BCUT2D eigenvalue weighted by molar-refractivity contribution is -0.137. The number of hydrogen-bond donors (Lipinski definition) is 2. The summed E-state index contributed by atoms with van der Waals surface area (Å²) in [6.45, 7) is 1.61. The number of nitrogens with two attached hydrogens (primary N) is 1. The van der Waals surface area contributed by atoms with E-state index < -0.39 is 17.8 Å². The van der Waals surface area contributed by atoms with Gasteiger partial charge < -0.3 is 20.5 Å². The van der Waals surface area contributed by atoms with Crippen LogP contribution in [-0.2, 0) is 6.18 Å². The average Bonchev–Trinajstić information content (AvgIpc) is 2.61. The zero-order chi connectivity index (χ0) is 20.2. The summed E-state index contributed by atoms with van der Waals surface area (Å²) in [6.07, 6.45) is -5.43. The Morgan fingerprint density at radius 1 is 1.22 bits per heavy atom. The van der Waals surface area contributed by atoms with Crippen molar-refractivity contribution in [2.45, 2.75) is 19.2 Å². The number of aliphatic hydroxyl groups is 1. The lowest BCUT2D eigenvalue weighted by Crippen LogP contribution is -2.37. The zero-order valence-electron chi connectivity index (χ0n) is 15.0. The molecule has 1 unspecified atom stereocenters. The quantitative estimate of drug-likeness (QED) is 0.753. The first kappa shape index (κ1) is 20.6. The Bertz CT molecular complexity index is 792. The van der Waals surface area contributed by atoms with Gasteiger partial charge in [-0.1, -0.05) is 6.07 Å². The minimum atomic E-state index is -4.42. The van der Waals surface area contributed by atoms with Crippen LogP contribution in [0.2, 0.25) is 0 Å². The second kappa shape index (κ2) is 8.30. The van der Waals surface area contributed by atoms with E-state index in [0.717, 1.165) is 17.7 Å². The molecule has 0 saturated carbocycles. The highest BCUT2D eigenvalue weighted by Crippen LogP contribution is 2.30. The van der Waals surface area contributed by atoms with E-state index in [1.807, 2.05) is 0 Å². The van der Waals surface area contributed by atoms with E-state index >= 15 is 0 Å². The van der Waals surface area contributed by atoms with Crippen LogP contribution in [0.1, 0.15) is 21.5 Å². The van der Waals surface area contributed by atoms with Crippen molar-refractivity contribution in [1.29, 1.82) is 0 Å². The number of carbonyl (C=O) groups is 1. The molecule has 1 amide bonds. The molecule has 0 fully saturated rings. The van der Waals surface area contributed by atoms with E-state index in [-0.39, 0.29) is 24.8 Å². The Morgan fingerprint density at radius 2 is 1.85 bits per heavy atom. The molecule has 2 aromatic carbocycles. The van der Waals surface area contributed by atoms with Crippen LogP contribution in [-0.4, -0.2) is 42.2 Å². The van der Waals surface area contributed by atoms with Gasteiger partial charge in [-0.05, 0) is 48.9 Å². The highest BCUT2D eigenvalue weighted by Gasteiger charge is 2.30. The number of nitrogens with zero attached hydrogens (tertiary/aromatic N) is 1. The van der Waals surface area contributed by atoms with Crippen LogP contribution in [0.25, 0.3) is 0 Å². The Hall–Kier alpha value is -2.74. The SMILES string of the molecule is Cc1ccc(N)cc1C(=O)N(C)CC(O)COc1ccc(C(F)(F)F)cc1. The highest BCUT2D eigenvalue weighted by molar-refractivity contribution is 5.96. The first-order valence-electron chi connectivity index (χ1n) is 8.17. The van der Waals surface area contributed by atoms with Gasteiger partial charge in [-0.25, -0.2) is 0 Å². The normalized spacial score (nSPS) is 12.5. The maximum atomic E-state index is 12.5. The number of benzene rings is 2. The number of nitrogen functional groups attached to an aromatic ring is 1. The topological polar surface area (TPSA) is 75.8 Å². The van der Waals surface area contributed by atoms with Crippen molar-refractivity contribution in [2.24, 2.45) is 0 Å². The molecule has 27 heavy (non-hydrogen) atoms. The third-order valence-electron chi connectivity index (χ3n) is 3.95. The van der Waals surface area contributed by atoms with Crippen LogP contribution in [0.5, 0.6) is 5.75 Å². The molecule has 0 spiro atoms. The van der Waals surface area contributed by atoms with E-state index in [4.69, 9.17) is 10.5 Å². The van der Waals surface area contributed by atoms with Crippen molar-refractivity contribution in [3.8, 4) is 5.75 Å². The van der Waals surface area contributed by atoms with Crippen LogP contribution in [0.4, 0.5) is 18.9 Å². The summed E-state index contributed by atoms with van der Waals surface area (Å²) in [5.74, 6) is -0.101. The summed E-state index contributed by atoms with van der Waals surface area (Å²) in [5.41, 5.74) is 6.59. The van der Waals surface area contributed by atoms with E-state index in [1.54, 1.807) is 25.1 Å². The third-order valence-corrected chi connectivity index (χ3v) is 3.95. The number of ether oxygens (including phenoxy) is 1. The highest BCUT2D eigenvalue weighted by atomic mass is 19.4. The van der Waals surface area contributed by atoms with Crippen molar-refractivity contribution >= 4 is 11.6 Å². The Balaban J connectivity index is 1.90. The third kappa shape index (κ3) is 5.62. The number of rotatable bonds is 6. The van der Waals surface area contributed by atoms with E-state index in [1.165, 1.54) is 24.1 Å². The predicted molar refractivity (Wildman–Crippen MR) is 95.5 cm³/mol. The van der Waals surface area contributed by atoms with Crippen LogP contribution >= 0.6 is 0 Å². The molecule has 0 heterocycles. The first-order chi connectivity index (χ1) is 12.6. The predicted octanol–water partition coefficient (Wildman–Crippen LogP) is 3.11. The van der Waals surface area contributed by atoms with Crippen molar-refractivity contribution in [1.82, 2.24) is 4.90 Å². The van der Waals surface area contributed by atoms with E-state index in [0.29, 0.717) is 11.3 Å². The van der Waals surface area contributed by atoms with Crippen molar-refractivity contribution in [3.63, 3.8) is 0 Å². The van der Waals surface area contributed by atoms with Gasteiger partial charge >= 0.3 is 6.18 Å². The number of amides is 1. The Kier molecular flexibility index (Phi) is 6.32. The van der Waals surface area contributed by atoms with Gasteiger partial charge in [0.15, 0.2) is 0 Å². The van der Waals surface area contributed by atoms with Gasteiger partial charge in [-0.3, -0.25) is 4.79 Å². The molecule has 5 nitrogen and oxygen atoms in total. The summed E-state index contributed by atoms with van der Waals surface area (Å²) in [7, 11) is 1.53. The Morgan fingerprint density at radius 3 is 2.44 bits per heavy atom. The maximum Gasteiger partial charge on any atom is 0.416 e. The fourth-order valence-corrected chi connectivity index (χ4v) is 2.46. The monoisotopic (exact) mass is 382 g/mol. The molecule has 0 saturated heterocycles. The molecule has 0 aromatic heterocycles. The molecule has 0 radical (unpaired) electrons. The van der Waals surface area contributed by atoms with Crippen molar-refractivity contribution in [3.05, 3.63) is 59.2 Å². The number of likely N-dealkylation sites (N-methyl/N-ethyl adjacent to an activating group) is 1. The average molecular weight is 382 g/mol. The summed E-state index contributed by atoms with van der Waals surface area (Å²) < 4.78 is 42.8. The molecule has 0 aliphatic heterocycles. The number of halogens is 3. The second-order valence-electron chi connectivity index (χ2n) is 6.25. The molecular formula is C19H21F3N2O3. The lowest BCUT2D eigenvalue weighted by Gasteiger charge is -2.22. The summed E-state index contributed by atoms with van der Waals surface area (Å²) >= 11 is 0. The Labute approximate surface area is 155 Å². The lowest BCUT2D eigenvalue weighted by atomic mass is 10.1. The van der Waals surface area contributed by atoms with Crippen LogP contribution in [0.3, 0.4) is 0 Å². The molecule has 2 rings (SSSR count). The summed E-state index contributed by atoms with van der Waals surface area (Å²) in [5, 5.41) is 10.1. The number of hydrogen-bond acceptors (Lipinski definition) is 4. The van der Waals surface area contributed by atoms with Gasteiger partial charge in [0.05, 0.1) is 5.56 Å². The molecule has 3 N–H and O–H groups in total. The minimum Gasteiger partial charge on any atom is -0.491 e. The maximum absolute atomic E-state index is 12.5. The molecule has 0 aliphatic rings. The molecular weight excluding hydrogens is 361 g/mol. The summed E-state index contributed by atoms with van der Waals surface area (Å²) in [4.78, 5) is 13.8. The number of alkyl halides is 3. The fraction of sp³-hybridized carbons (Fsp3) is 0.316. The summed E-state index contributed by atoms with van der Waals surface area (Å²) in [6, 6.07) is 9.17. The number of aliphatic hydroxyl groups excluding tert-OH is 1. The van der Waals surface area contributed by atoms with Gasteiger partial charge in [0, 0.05) is 24.8 Å². The van der Waals surface area contributed by atoms with Gasteiger partial charge in [-0.15, -0.1) is 0 Å². The molecule has 0 aliphatic carbocycles. The van der Waals surface area contributed by atoms with Crippen molar-refractivity contribution < 1.29 is 27.8 Å². The van der Waals surface area contributed by atoms with Gasteiger partial charge in [0.2, 0.25) is 0 Å². The van der Waals surface area contributed by atoms with Gasteiger partial charge in [-0.2, -0.15) is 13.2 Å². The van der Waals surface area contributed by atoms with Crippen LogP contribution in [0, 0.1) is 6.92 Å². The minimum absolute atomic E-state index is 0.00624. The largest absolute Gasteiger partial charge is 0.491 e. The van der Waals surface area contributed by atoms with E-state index in [9.17, 15) is 23.1 Å². The van der Waals surface area contributed by atoms with Gasteiger partial charge in [0.25, 0.3) is 5.91 Å². The zero-order valence-corrected chi connectivity index (χ0v) is 15.0. The molecule has 1 atom stereocenters. The molecule has 0 bridgehead atoms. The van der Waals surface area contributed by atoms with Crippen molar-refractivity contribution in [2.75, 3.05) is 25.9 Å².